The van der Waals surface area contributed by atoms with Gasteiger partial charge in [-0.2, -0.15) is 0 Å². The monoisotopic (exact) mass is 499 g/mol. The Morgan fingerprint density at radius 1 is 1.16 bits per heavy atom. The topological polar surface area (TPSA) is 204 Å². The smallest absolute Gasteiger partial charge is 0.350 e. The maximum atomic E-state index is 12.8. The molecule has 1 unspecified atom stereocenters. The summed E-state index contributed by atoms with van der Waals surface area (Å²) in [5.41, 5.74) is 12.6. The molecule has 0 aliphatic carbocycles. The zero-order valence-corrected chi connectivity index (χ0v) is 19.4. The van der Waals surface area contributed by atoms with Crippen molar-refractivity contribution >= 4 is 28.4 Å². The standard InChI is InChI=1S/C24H21N9O4/c1-36-16-10-13(9-14-11-17(21(27)34)37-19(14)16)18(30-15-5-3-12(4-6-15)20(25)26)22-31-24(35)33(32-22)23-28-7-2-8-29-23/h2-11,18,30H,1H3,(H3,25,26)(H2,27,34)(H,31,32,35). The first kappa shape index (κ1) is 23.3. The number of primary amides is 1. The second kappa shape index (κ2) is 9.30. The first-order valence-corrected chi connectivity index (χ1v) is 10.9. The number of furan rings is 1. The lowest BCUT2D eigenvalue weighted by molar-refractivity contribution is 0.0976. The number of nitrogens with zero attached hydrogens (tertiary/aromatic N) is 4. The Bertz CT molecular complexity index is 1670. The van der Waals surface area contributed by atoms with Crippen LogP contribution in [0.2, 0.25) is 0 Å². The molecule has 0 aliphatic rings. The maximum Gasteiger partial charge on any atom is 0.350 e. The number of methoxy groups -OCH3 is 1. The van der Waals surface area contributed by atoms with E-state index in [2.05, 4.69) is 25.4 Å². The highest BCUT2D eigenvalue weighted by atomic mass is 16.5. The number of benzene rings is 2. The van der Waals surface area contributed by atoms with Crippen LogP contribution in [0.15, 0.2) is 70.1 Å². The number of nitrogens with two attached hydrogens (primary N) is 2. The number of H-pyrrole nitrogens is 1. The number of amides is 1. The van der Waals surface area contributed by atoms with E-state index in [9.17, 15) is 9.59 Å². The summed E-state index contributed by atoms with van der Waals surface area (Å²) in [6.07, 6.45) is 3.01. The number of ether oxygens (including phenoxy) is 1. The van der Waals surface area contributed by atoms with Crippen molar-refractivity contribution in [3.8, 4) is 11.7 Å². The van der Waals surface area contributed by atoms with E-state index < -0.39 is 17.6 Å². The number of hydrogen-bond donors (Lipinski definition) is 5. The van der Waals surface area contributed by atoms with Gasteiger partial charge in [0.1, 0.15) is 11.9 Å². The molecule has 2 aromatic carbocycles. The Morgan fingerprint density at radius 2 is 1.89 bits per heavy atom. The van der Waals surface area contributed by atoms with E-state index in [1.807, 2.05) is 0 Å². The summed E-state index contributed by atoms with van der Waals surface area (Å²) in [6, 6.07) is 12.8. The fraction of sp³-hybridized carbons (Fsp3) is 0.0833. The molecule has 13 heteroatoms. The van der Waals surface area contributed by atoms with Gasteiger partial charge in [0, 0.05) is 29.0 Å². The van der Waals surface area contributed by atoms with Crippen LogP contribution in [0.3, 0.4) is 0 Å². The third kappa shape index (κ3) is 4.48. The highest BCUT2D eigenvalue weighted by molar-refractivity contribution is 5.97. The number of amidine groups is 1. The van der Waals surface area contributed by atoms with E-state index in [0.717, 1.165) is 4.68 Å². The molecule has 13 nitrogen and oxygen atoms in total. The molecule has 7 N–H and O–H groups in total. The van der Waals surface area contributed by atoms with Crippen LogP contribution in [0, 0.1) is 5.41 Å². The first-order chi connectivity index (χ1) is 17.8. The SMILES string of the molecule is COc1cc(C(Nc2ccc(C(=N)N)cc2)c2nn(-c3ncccn3)c(=O)[nH]2)cc2cc(C(N)=O)oc12. The maximum absolute atomic E-state index is 12.8. The Morgan fingerprint density at radius 3 is 2.54 bits per heavy atom. The second-order valence-corrected chi connectivity index (χ2v) is 7.96. The van der Waals surface area contributed by atoms with Gasteiger partial charge in [-0.25, -0.2) is 14.8 Å². The summed E-state index contributed by atoms with van der Waals surface area (Å²) in [6.45, 7) is 0. The van der Waals surface area contributed by atoms with E-state index in [1.54, 1.807) is 42.5 Å². The number of fused-ring (bicyclic) bond motifs is 1. The van der Waals surface area contributed by atoms with Crippen LogP contribution in [-0.2, 0) is 0 Å². The molecule has 0 bridgehead atoms. The van der Waals surface area contributed by atoms with Gasteiger partial charge in [-0.1, -0.05) is 0 Å². The summed E-state index contributed by atoms with van der Waals surface area (Å²) in [5, 5.41) is 16.0. The minimum atomic E-state index is -0.717. The van der Waals surface area contributed by atoms with Gasteiger partial charge < -0.3 is 25.9 Å². The number of nitrogens with one attached hydrogen (secondary N) is 3. The highest BCUT2D eigenvalue weighted by Gasteiger charge is 2.24. The number of aromatic nitrogens is 5. The van der Waals surface area contributed by atoms with Gasteiger partial charge in [-0.05, 0) is 54.1 Å². The first-order valence-electron chi connectivity index (χ1n) is 10.9. The molecule has 37 heavy (non-hydrogen) atoms. The molecule has 0 aliphatic heterocycles. The van der Waals surface area contributed by atoms with Crippen molar-refractivity contribution < 1.29 is 13.9 Å². The lowest BCUT2D eigenvalue weighted by atomic mass is 10.0. The van der Waals surface area contributed by atoms with Crippen molar-refractivity contribution in [2.24, 2.45) is 11.5 Å². The van der Waals surface area contributed by atoms with Crippen LogP contribution in [0.4, 0.5) is 5.69 Å². The number of carbonyl (C=O) groups excluding carboxylic acids is 1. The number of anilines is 1. The van der Waals surface area contributed by atoms with Crippen LogP contribution in [0.25, 0.3) is 16.9 Å². The average Bonchev–Trinajstić information content (AvgIpc) is 3.51. The third-order valence-electron chi connectivity index (χ3n) is 5.56. The lowest BCUT2D eigenvalue weighted by Gasteiger charge is -2.19. The molecule has 0 radical (unpaired) electrons. The molecule has 5 aromatic rings. The molecule has 0 saturated carbocycles. The molecule has 186 valence electrons. The van der Waals surface area contributed by atoms with Gasteiger partial charge in [0.25, 0.3) is 11.9 Å². The Balaban J connectivity index is 1.64. The third-order valence-corrected chi connectivity index (χ3v) is 5.56. The van der Waals surface area contributed by atoms with Gasteiger partial charge in [0.05, 0.1) is 7.11 Å². The fourth-order valence-electron chi connectivity index (χ4n) is 3.81. The molecular weight excluding hydrogens is 478 g/mol. The summed E-state index contributed by atoms with van der Waals surface area (Å²) >= 11 is 0. The average molecular weight is 499 g/mol. The molecule has 3 aromatic heterocycles. The van der Waals surface area contributed by atoms with Gasteiger partial charge in [-0.3, -0.25) is 15.2 Å². The second-order valence-electron chi connectivity index (χ2n) is 7.96. The number of rotatable bonds is 8. The van der Waals surface area contributed by atoms with Gasteiger partial charge in [0.15, 0.2) is 22.9 Å². The predicted octanol–water partition coefficient (Wildman–Crippen LogP) is 1.69. The van der Waals surface area contributed by atoms with Gasteiger partial charge in [-0.15, -0.1) is 9.78 Å². The summed E-state index contributed by atoms with van der Waals surface area (Å²) in [7, 11) is 1.47. The fourth-order valence-corrected chi connectivity index (χ4v) is 3.81. The van der Waals surface area contributed by atoms with Crippen LogP contribution in [0.1, 0.15) is 33.5 Å². The minimum absolute atomic E-state index is 0.0197. The van der Waals surface area contributed by atoms with Crippen LogP contribution in [-0.4, -0.2) is 43.6 Å². The molecule has 5 rings (SSSR count). The highest BCUT2D eigenvalue weighted by Crippen LogP contribution is 2.35. The molecule has 3 heterocycles. The zero-order chi connectivity index (χ0) is 26.1. The van der Waals surface area contributed by atoms with E-state index >= 15 is 0 Å². The van der Waals surface area contributed by atoms with E-state index in [4.69, 9.17) is 26.0 Å². The summed E-state index contributed by atoms with van der Waals surface area (Å²) < 4.78 is 12.1. The number of nitrogen functional groups attached to an aromatic ring is 1. The van der Waals surface area contributed by atoms with Gasteiger partial charge >= 0.3 is 5.69 Å². The Kier molecular flexibility index (Phi) is 5.85. The van der Waals surface area contributed by atoms with Crippen molar-refractivity contribution in [1.29, 1.82) is 5.41 Å². The van der Waals surface area contributed by atoms with Gasteiger partial charge in [0.2, 0.25) is 0 Å². The van der Waals surface area contributed by atoms with Crippen molar-refractivity contribution in [3.63, 3.8) is 0 Å². The van der Waals surface area contributed by atoms with E-state index in [1.165, 1.54) is 25.6 Å². The van der Waals surface area contributed by atoms with Crippen molar-refractivity contribution in [2.75, 3.05) is 12.4 Å². The Hall–Kier alpha value is -5.46. The van der Waals surface area contributed by atoms with Crippen molar-refractivity contribution in [3.05, 3.63) is 94.1 Å². The number of carbonyl (C=O) groups is 1. The number of aromatic amines is 1. The molecule has 0 fully saturated rings. The molecule has 1 amide bonds. The molecule has 1 atom stereocenters. The van der Waals surface area contributed by atoms with Crippen LogP contribution < -0.4 is 27.2 Å². The Labute approximate surface area is 208 Å². The predicted molar refractivity (Wildman–Crippen MR) is 134 cm³/mol. The van der Waals surface area contributed by atoms with Crippen LogP contribution >= 0.6 is 0 Å². The molecular formula is C24H21N9O4. The quantitative estimate of drug-likeness (QED) is 0.155. The molecule has 0 saturated heterocycles. The lowest BCUT2D eigenvalue weighted by Crippen LogP contribution is -2.18. The minimum Gasteiger partial charge on any atom is -0.493 e. The van der Waals surface area contributed by atoms with E-state index in [0.29, 0.717) is 33.5 Å². The number of hydrogen-bond acceptors (Lipinski definition) is 9. The summed E-state index contributed by atoms with van der Waals surface area (Å²) in [4.78, 5) is 35.4. The normalized spacial score (nSPS) is 11.8. The molecule has 0 spiro atoms. The summed E-state index contributed by atoms with van der Waals surface area (Å²) in [5.74, 6) is -0.0809. The van der Waals surface area contributed by atoms with Crippen molar-refractivity contribution in [2.45, 2.75) is 6.04 Å². The van der Waals surface area contributed by atoms with E-state index in [-0.39, 0.29) is 23.4 Å². The van der Waals surface area contributed by atoms with Crippen LogP contribution in [0.5, 0.6) is 5.75 Å². The zero-order valence-electron chi connectivity index (χ0n) is 19.4. The largest absolute Gasteiger partial charge is 0.493 e. The van der Waals surface area contributed by atoms with Crippen molar-refractivity contribution in [1.82, 2.24) is 24.7 Å².